The molecule has 0 bridgehead atoms. The van der Waals surface area contributed by atoms with Crippen molar-refractivity contribution in [2.24, 2.45) is 17.1 Å². The molecule has 0 saturated carbocycles. The van der Waals surface area contributed by atoms with Crippen molar-refractivity contribution in [3.05, 3.63) is 0 Å². The van der Waals surface area contributed by atoms with Crippen molar-refractivity contribution in [2.75, 3.05) is 13.1 Å². The minimum atomic E-state index is -0.769. The number of hydrogen-bond acceptors (Lipinski definition) is 3. The highest BCUT2D eigenvalue weighted by molar-refractivity contribution is 5.82. The van der Waals surface area contributed by atoms with Crippen molar-refractivity contribution >= 4 is 11.9 Å². The van der Waals surface area contributed by atoms with Crippen LogP contribution in [0.1, 0.15) is 46.5 Å². The zero-order chi connectivity index (χ0) is 14.6. The SMILES string of the molecule is CC(C)(C)[C@@H](N)C(=O)N1CCCC(CCC(=O)O)C1. The van der Waals surface area contributed by atoms with Crippen LogP contribution in [0, 0.1) is 11.3 Å². The molecule has 19 heavy (non-hydrogen) atoms. The molecule has 2 atom stereocenters. The molecule has 1 rings (SSSR count). The van der Waals surface area contributed by atoms with Gasteiger partial charge in [-0.1, -0.05) is 20.8 Å². The van der Waals surface area contributed by atoms with E-state index in [4.69, 9.17) is 10.8 Å². The fourth-order valence-electron chi connectivity index (χ4n) is 2.40. The summed E-state index contributed by atoms with van der Waals surface area (Å²) in [6.45, 7) is 7.27. The highest BCUT2D eigenvalue weighted by Gasteiger charge is 2.33. The van der Waals surface area contributed by atoms with E-state index < -0.39 is 12.0 Å². The maximum absolute atomic E-state index is 12.3. The average molecular weight is 270 g/mol. The van der Waals surface area contributed by atoms with Crippen molar-refractivity contribution in [3.8, 4) is 0 Å². The maximum Gasteiger partial charge on any atom is 0.303 e. The first-order valence-corrected chi connectivity index (χ1v) is 6.98. The van der Waals surface area contributed by atoms with Crippen LogP contribution in [-0.4, -0.2) is 41.0 Å². The lowest BCUT2D eigenvalue weighted by Crippen LogP contribution is -2.52. The molecule has 5 heteroatoms. The van der Waals surface area contributed by atoms with Crippen molar-refractivity contribution in [3.63, 3.8) is 0 Å². The fourth-order valence-corrected chi connectivity index (χ4v) is 2.40. The quantitative estimate of drug-likeness (QED) is 0.810. The van der Waals surface area contributed by atoms with E-state index in [9.17, 15) is 9.59 Å². The number of carbonyl (C=O) groups excluding carboxylic acids is 1. The van der Waals surface area contributed by atoms with Gasteiger partial charge in [0.1, 0.15) is 0 Å². The number of aliphatic carboxylic acids is 1. The Kier molecular flexibility index (Phi) is 5.35. The van der Waals surface area contributed by atoms with Crippen LogP contribution in [-0.2, 0) is 9.59 Å². The van der Waals surface area contributed by atoms with Gasteiger partial charge in [0.2, 0.25) is 5.91 Å². The molecule has 1 aliphatic rings. The molecule has 1 heterocycles. The summed E-state index contributed by atoms with van der Waals surface area (Å²) < 4.78 is 0. The first kappa shape index (κ1) is 16.0. The predicted octanol–water partition coefficient (Wildman–Crippen LogP) is 1.46. The van der Waals surface area contributed by atoms with Crippen molar-refractivity contribution in [1.29, 1.82) is 0 Å². The van der Waals surface area contributed by atoms with E-state index in [-0.39, 0.29) is 17.7 Å². The molecule has 0 spiro atoms. The van der Waals surface area contributed by atoms with Gasteiger partial charge in [-0.2, -0.15) is 0 Å². The summed E-state index contributed by atoms with van der Waals surface area (Å²) in [6, 6.07) is -0.495. The van der Waals surface area contributed by atoms with Gasteiger partial charge in [-0.25, -0.2) is 0 Å². The van der Waals surface area contributed by atoms with Crippen molar-refractivity contribution in [1.82, 2.24) is 4.90 Å². The van der Waals surface area contributed by atoms with Crippen LogP contribution in [0.15, 0.2) is 0 Å². The highest BCUT2D eigenvalue weighted by atomic mass is 16.4. The molecule has 3 N–H and O–H groups in total. The highest BCUT2D eigenvalue weighted by Crippen LogP contribution is 2.24. The molecule has 1 amide bonds. The van der Waals surface area contributed by atoms with Crippen LogP contribution in [0.4, 0.5) is 0 Å². The van der Waals surface area contributed by atoms with Gasteiger partial charge in [0.15, 0.2) is 0 Å². The standard InChI is InChI=1S/C14H26N2O3/c1-14(2,3)12(15)13(19)16-8-4-5-10(9-16)6-7-11(17)18/h10,12H,4-9,15H2,1-3H3,(H,17,18)/t10?,12-/m0/s1. The second-order valence-corrected chi connectivity index (χ2v) is 6.57. The second-order valence-electron chi connectivity index (χ2n) is 6.57. The molecule has 0 aromatic heterocycles. The number of carbonyl (C=O) groups is 2. The first-order chi connectivity index (χ1) is 8.71. The summed E-state index contributed by atoms with van der Waals surface area (Å²) >= 11 is 0. The topological polar surface area (TPSA) is 83.6 Å². The number of hydrogen-bond donors (Lipinski definition) is 2. The van der Waals surface area contributed by atoms with Gasteiger partial charge in [-0.3, -0.25) is 9.59 Å². The number of nitrogens with zero attached hydrogens (tertiary/aromatic N) is 1. The van der Waals surface area contributed by atoms with E-state index in [0.717, 1.165) is 19.4 Å². The maximum atomic E-state index is 12.3. The zero-order valence-corrected chi connectivity index (χ0v) is 12.2. The molecule has 0 aromatic rings. The number of rotatable bonds is 4. The molecule has 1 aliphatic heterocycles. The van der Waals surface area contributed by atoms with Gasteiger partial charge in [-0.05, 0) is 30.6 Å². The van der Waals surface area contributed by atoms with Crippen LogP contribution in [0.25, 0.3) is 0 Å². The second kappa shape index (κ2) is 6.37. The van der Waals surface area contributed by atoms with Crippen LogP contribution in [0.3, 0.4) is 0 Å². The Morgan fingerprint density at radius 2 is 2.05 bits per heavy atom. The molecule has 1 fully saturated rings. The fraction of sp³-hybridized carbons (Fsp3) is 0.857. The number of likely N-dealkylation sites (tertiary alicyclic amines) is 1. The van der Waals surface area contributed by atoms with E-state index in [0.29, 0.717) is 18.9 Å². The van der Waals surface area contributed by atoms with Crippen LogP contribution < -0.4 is 5.73 Å². The lowest BCUT2D eigenvalue weighted by atomic mass is 9.85. The molecule has 5 nitrogen and oxygen atoms in total. The Hall–Kier alpha value is -1.10. The van der Waals surface area contributed by atoms with Crippen molar-refractivity contribution < 1.29 is 14.7 Å². The Morgan fingerprint density at radius 3 is 2.58 bits per heavy atom. The van der Waals surface area contributed by atoms with Crippen LogP contribution in [0.5, 0.6) is 0 Å². The molecule has 110 valence electrons. The summed E-state index contributed by atoms with van der Waals surface area (Å²) in [5.41, 5.74) is 5.76. The molecule has 0 aromatic carbocycles. The van der Waals surface area contributed by atoms with Gasteiger partial charge in [0.25, 0.3) is 0 Å². The Labute approximate surface area is 115 Å². The third-order valence-electron chi connectivity index (χ3n) is 3.80. The Morgan fingerprint density at radius 1 is 1.42 bits per heavy atom. The molecule has 1 saturated heterocycles. The number of amides is 1. The zero-order valence-electron chi connectivity index (χ0n) is 12.2. The van der Waals surface area contributed by atoms with Crippen LogP contribution >= 0.6 is 0 Å². The van der Waals surface area contributed by atoms with E-state index in [2.05, 4.69) is 0 Å². The summed E-state index contributed by atoms with van der Waals surface area (Å²) in [7, 11) is 0. The van der Waals surface area contributed by atoms with Gasteiger partial charge in [0, 0.05) is 19.5 Å². The summed E-state index contributed by atoms with van der Waals surface area (Å²) in [4.78, 5) is 24.7. The third-order valence-corrected chi connectivity index (χ3v) is 3.80. The van der Waals surface area contributed by atoms with Gasteiger partial charge in [0.05, 0.1) is 6.04 Å². The molecule has 0 aliphatic carbocycles. The number of carboxylic acids is 1. The number of piperidine rings is 1. The Balaban J connectivity index is 2.54. The van der Waals surface area contributed by atoms with E-state index in [1.807, 2.05) is 25.7 Å². The third kappa shape index (κ3) is 4.82. The number of nitrogens with two attached hydrogens (primary N) is 1. The minimum absolute atomic E-state index is 0.00692. The van der Waals surface area contributed by atoms with Gasteiger partial charge in [-0.15, -0.1) is 0 Å². The monoisotopic (exact) mass is 270 g/mol. The Bertz CT molecular complexity index is 336. The normalized spacial score (nSPS) is 22.1. The van der Waals surface area contributed by atoms with Gasteiger partial charge < -0.3 is 15.7 Å². The molecule has 1 unspecified atom stereocenters. The largest absolute Gasteiger partial charge is 0.481 e. The summed E-state index contributed by atoms with van der Waals surface area (Å²) in [5, 5.41) is 8.71. The van der Waals surface area contributed by atoms with E-state index in [1.165, 1.54) is 0 Å². The van der Waals surface area contributed by atoms with E-state index >= 15 is 0 Å². The summed E-state index contributed by atoms with van der Waals surface area (Å²) in [5.74, 6) is -0.483. The van der Waals surface area contributed by atoms with Crippen molar-refractivity contribution in [2.45, 2.75) is 52.5 Å². The molecular formula is C14H26N2O3. The smallest absolute Gasteiger partial charge is 0.303 e. The minimum Gasteiger partial charge on any atom is -0.481 e. The average Bonchev–Trinajstić information content (AvgIpc) is 2.33. The first-order valence-electron chi connectivity index (χ1n) is 6.98. The van der Waals surface area contributed by atoms with E-state index in [1.54, 1.807) is 0 Å². The lowest BCUT2D eigenvalue weighted by molar-refractivity contribution is -0.137. The number of carboxylic acid groups (broad SMARTS) is 1. The summed E-state index contributed by atoms with van der Waals surface area (Å²) in [6.07, 6.45) is 2.76. The van der Waals surface area contributed by atoms with Crippen LogP contribution in [0.2, 0.25) is 0 Å². The predicted molar refractivity (Wildman–Crippen MR) is 73.6 cm³/mol. The van der Waals surface area contributed by atoms with Gasteiger partial charge >= 0.3 is 5.97 Å². The molecule has 0 radical (unpaired) electrons. The lowest BCUT2D eigenvalue weighted by Gasteiger charge is -2.37. The molecular weight excluding hydrogens is 244 g/mol.